The van der Waals surface area contributed by atoms with E-state index in [-0.39, 0.29) is 0 Å². The molecule has 0 aromatic heterocycles. The summed E-state index contributed by atoms with van der Waals surface area (Å²) in [6, 6.07) is 14.1. The molecule has 3 N–H and O–H groups in total. The van der Waals surface area contributed by atoms with Gasteiger partial charge in [-0.15, -0.1) is 0 Å². The van der Waals surface area contributed by atoms with E-state index in [1.165, 1.54) is 0 Å². The average molecular weight is 299 g/mol. The zero-order chi connectivity index (χ0) is 16.2. The molecule has 1 unspecified atom stereocenters. The smallest absolute Gasteiger partial charge is 0.198 e. The van der Waals surface area contributed by atoms with Gasteiger partial charge in [-0.25, -0.2) is 0 Å². The topological polar surface area (TPSA) is 69.6 Å². The van der Waals surface area contributed by atoms with Crippen LogP contribution < -0.4 is 5.32 Å². The molecule has 0 bridgehead atoms. The number of hydrogen-bond donors (Lipinski definition) is 3. The van der Waals surface area contributed by atoms with Crippen LogP contribution in [0.15, 0.2) is 48.5 Å². The maximum absolute atomic E-state index is 12.2. The third-order valence-electron chi connectivity index (χ3n) is 3.70. The van der Waals surface area contributed by atoms with Crippen LogP contribution >= 0.6 is 0 Å². The lowest BCUT2D eigenvalue weighted by molar-refractivity contribution is -0.137. The molecule has 4 heteroatoms. The van der Waals surface area contributed by atoms with Gasteiger partial charge in [0.15, 0.2) is 11.4 Å². The van der Waals surface area contributed by atoms with Crippen molar-refractivity contribution in [3.63, 3.8) is 0 Å². The van der Waals surface area contributed by atoms with E-state index in [1.807, 2.05) is 38.1 Å². The Labute approximate surface area is 130 Å². The molecule has 0 aliphatic heterocycles. The molecule has 22 heavy (non-hydrogen) atoms. The molecule has 0 spiro atoms. The number of benzene rings is 2. The van der Waals surface area contributed by atoms with Gasteiger partial charge in [0.2, 0.25) is 0 Å². The molecule has 0 amide bonds. The normalized spacial score (nSPS) is 13.5. The van der Waals surface area contributed by atoms with Crippen LogP contribution in [0.25, 0.3) is 0 Å². The number of rotatable bonds is 6. The number of carbonyl (C=O) groups is 1. The Hall–Kier alpha value is -2.17. The molecule has 0 saturated heterocycles. The maximum atomic E-state index is 12.2. The van der Waals surface area contributed by atoms with Crippen LogP contribution in [0.1, 0.15) is 23.6 Å². The van der Waals surface area contributed by atoms with Crippen molar-refractivity contribution in [2.45, 2.75) is 19.4 Å². The summed E-state index contributed by atoms with van der Waals surface area (Å²) in [7, 11) is 0. The van der Waals surface area contributed by atoms with Gasteiger partial charge in [-0.05, 0) is 37.1 Å². The van der Waals surface area contributed by atoms with E-state index >= 15 is 0 Å². The Kier molecular flexibility index (Phi) is 4.96. The summed E-state index contributed by atoms with van der Waals surface area (Å²) in [4.78, 5) is 12.2. The highest BCUT2D eigenvalue weighted by atomic mass is 16.3. The molecule has 2 aromatic rings. The minimum Gasteiger partial charge on any atom is -0.388 e. The van der Waals surface area contributed by atoms with E-state index in [9.17, 15) is 15.0 Å². The number of Topliss-reactive ketones (excluding diaryl/α,β-unsaturated/α-hetero) is 1. The quantitative estimate of drug-likeness (QED) is 0.765. The van der Waals surface area contributed by atoms with E-state index in [0.29, 0.717) is 11.1 Å². The van der Waals surface area contributed by atoms with Gasteiger partial charge in [0, 0.05) is 12.2 Å². The van der Waals surface area contributed by atoms with Crippen LogP contribution in [0.5, 0.6) is 0 Å². The fraction of sp³-hybridized carbons (Fsp3) is 0.278. The fourth-order valence-electron chi connectivity index (χ4n) is 2.43. The lowest BCUT2D eigenvalue weighted by atomic mass is 9.82. The zero-order valence-corrected chi connectivity index (χ0v) is 12.8. The summed E-state index contributed by atoms with van der Waals surface area (Å²) in [5.41, 5.74) is 0.997. The van der Waals surface area contributed by atoms with Crippen LogP contribution in [0.2, 0.25) is 0 Å². The van der Waals surface area contributed by atoms with Gasteiger partial charge in [-0.1, -0.05) is 42.0 Å². The van der Waals surface area contributed by atoms with Crippen molar-refractivity contribution in [1.82, 2.24) is 0 Å². The van der Waals surface area contributed by atoms with Crippen LogP contribution in [-0.2, 0) is 10.4 Å². The lowest BCUT2D eigenvalue weighted by Gasteiger charge is -2.27. The van der Waals surface area contributed by atoms with Gasteiger partial charge in [0.1, 0.15) is 6.61 Å². The van der Waals surface area contributed by atoms with E-state index in [1.54, 1.807) is 24.3 Å². The fourth-order valence-corrected chi connectivity index (χ4v) is 2.43. The first-order valence-corrected chi connectivity index (χ1v) is 7.30. The first kappa shape index (κ1) is 16.2. The van der Waals surface area contributed by atoms with Gasteiger partial charge in [0.25, 0.3) is 0 Å². The monoisotopic (exact) mass is 299 g/mol. The average Bonchev–Trinajstić information content (AvgIpc) is 2.55. The number of anilines is 1. The molecule has 0 aliphatic carbocycles. The number of hydrogen-bond acceptors (Lipinski definition) is 4. The summed E-state index contributed by atoms with van der Waals surface area (Å²) in [5, 5.41) is 23.4. The second kappa shape index (κ2) is 6.73. The molecule has 4 nitrogen and oxygen atoms in total. The third kappa shape index (κ3) is 3.03. The van der Waals surface area contributed by atoms with Gasteiger partial charge >= 0.3 is 0 Å². The standard InChI is InChI=1S/C18H21NO3/c1-3-19-16-10-8-15(9-11-16)18(22,17(21)12-20)14-6-4-13(2)5-7-14/h4-11,19-20,22H,3,12H2,1-2H3. The van der Waals surface area contributed by atoms with Crippen LogP contribution in [-0.4, -0.2) is 29.1 Å². The van der Waals surface area contributed by atoms with Crippen LogP contribution in [0, 0.1) is 6.92 Å². The summed E-state index contributed by atoms with van der Waals surface area (Å²) in [6.07, 6.45) is 0. The van der Waals surface area contributed by atoms with E-state index in [0.717, 1.165) is 17.8 Å². The molecule has 116 valence electrons. The van der Waals surface area contributed by atoms with Crippen molar-refractivity contribution in [2.75, 3.05) is 18.5 Å². The molecular weight excluding hydrogens is 278 g/mol. The largest absolute Gasteiger partial charge is 0.388 e. The summed E-state index contributed by atoms with van der Waals surface area (Å²) in [6.45, 7) is 3.99. The van der Waals surface area contributed by atoms with Crippen LogP contribution in [0.3, 0.4) is 0 Å². The molecule has 1 atom stereocenters. The number of carbonyl (C=O) groups excluding carboxylic acids is 1. The number of aryl methyl sites for hydroxylation is 1. The van der Waals surface area contributed by atoms with Crippen LogP contribution in [0.4, 0.5) is 5.69 Å². The van der Waals surface area contributed by atoms with Gasteiger partial charge in [-0.3, -0.25) is 4.79 Å². The number of aliphatic hydroxyl groups is 2. The Morgan fingerprint density at radius 1 is 1.05 bits per heavy atom. The molecule has 0 heterocycles. The number of aliphatic hydroxyl groups excluding tert-OH is 1. The van der Waals surface area contributed by atoms with Gasteiger partial charge in [-0.2, -0.15) is 0 Å². The molecule has 2 aromatic carbocycles. The number of ketones is 1. The molecule has 2 rings (SSSR count). The van der Waals surface area contributed by atoms with Crippen molar-refractivity contribution in [2.24, 2.45) is 0 Å². The Balaban J connectivity index is 2.49. The van der Waals surface area contributed by atoms with E-state index in [4.69, 9.17) is 0 Å². The predicted octanol–water partition coefficient (Wildman–Crippen LogP) is 2.22. The van der Waals surface area contributed by atoms with Gasteiger partial charge < -0.3 is 15.5 Å². The third-order valence-corrected chi connectivity index (χ3v) is 3.70. The highest BCUT2D eigenvalue weighted by Crippen LogP contribution is 2.31. The number of nitrogens with one attached hydrogen (secondary N) is 1. The molecular formula is C18H21NO3. The van der Waals surface area contributed by atoms with Crippen molar-refractivity contribution in [3.8, 4) is 0 Å². The Morgan fingerprint density at radius 2 is 1.55 bits per heavy atom. The second-order valence-corrected chi connectivity index (χ2v) is 5.27. The first-order chi connectivity index (χ1) is 10.5. The Bertz CT molecular complexity index is 634. The summed E-state index contributed by atoms with van der Waals surface area (Å²) in [5.74, 6) is -0.646. The minimum absolute atomic E-state index is 0.442. The second-order valence-electron chi connectivity index (χ2n) is 5.27. The van der Waals surface area contributed by atoms with E-state index < -0.39 is 18.0 Å². The predicted molar refractivity (Wildman–Crippen MR) is 86.9 cm³/mol. The van der Waals surface area contributed by atoms with Crippen molar-refractivity contribution < 1.29 is 15.0 Å². The van der Waals surface area contributed by atoms with Crippen molar-refractivity contribution in [1.29, 1.82) is 0 Å². The SMILES string of the molecule is CCNc1ccc(C(O)(C(=O)CO)c2ccc(C)cc2)cc1. The van der Waals surface area contributed by atoms with Crippen molar-refractivity contribution >= 4 is 11.5 Å². The van der Waals surface area contributed by atoms with E-state index in [2.05, 4.69) is 5.32 Å². The Morgan fingerprint density at radius 3 is 2.00 bits per heavy atom. The maximum Gasteiger partial charge on any atom is 0.198 e. The van der Waals surface area contributed by atoms with Gasteiger partial charge in [0.05, 0.1) is 0 Å². The highest BCUT2D eigenvalue weighted by molar-refractivity contribution is 5.92. The first-order valence-electron chi connectivity index (χ1n) is 7.30. The lowest BCUT2D eigenvalue weighted by Crippen LogP contribution is -2.39. The highest BCUT2D eigenvalue weighted by Gasteiger charge is 2.38. The van der Waals surface area contributed by atoms with Crippen molar-refractivity contribution in [3.05, 3.63) is 65.2 Å². The molecule has 0 aliphatic rings. The molecule has 0 fully saturated rings. The molecule has 0 saturated carbocycles. The summed E-state index contributed by atoms with van der Waals surface area (Å²) >= 11 is 0. The minimum atomic E-state index is -1.84. The zero-order valence-electron chi connectivity index (χ0n) is 12.8. The molecule has 0 radical (unpaired) electrons. The summed E-state index contributed by atoms with van der Waals surface area (Å²) < 4.78 is 0.